The Morgan fingerprint density at radius 2 is 2.27 bits per heavy atom. The molecule has 1 nitrogen and oxygen atoms in total. The van der Waals surface area contributed by atoms with Crippen LogP contribution in [-0.2, 0) is 6.42 Å². The molecule has 0 bridgehead atoms. The van der Waals surface area contributed by atoms with Crippen LogP contribution in [0.5, 0.6) is 0 Å². The minimum Gasteiger partial charge on any atom is -0.389 e. The maximum absolute atomic E-state index is 13.4. The lowest BCUT2D eigenvalue weighted by Gasteiger charge is -2.21. The second kappa shape index (κ2) is 4.14. The summed E-state index contributed by atoms with van der Waals surface area (Å²) >= 11 is 1.76. The fraction of sp³-hybridized carbons (Fsp3) is 0.500. The summed E-state index contributed by atoms with van der Waals surface area (Å²) in [6, 6.07) is 6.69. The van der Waals surface area contributed by atoms with Gasteiger partial charge >= 0.3 is 0 Å². The van der Waals surface area contributed by atoms with E-state index in [-0.39, 0.29) is 5.82 Å². The van der Waals surface area contributed by atoms with E-state index in [1.807, 2.05) is 6.07 Å². The van der Waals surface area contributed by atoms with Gasteiger partial charge in [0.05, 0.1) is 5.60 Å². The molecule has 1 aliphatic rings. The molecule has 15 heavy (non-hydrogen) atoms. The molecule has 82 valence electrons. The van der Waals surface area contributed by atoms with Crippen molar-refractivity contribution < 1.29 is 9.50 Å². The predicted molar refractivity (Wildman–Crippen MR) is 61.6 cm³/mol. The van der Waals surface area contributed by atoms with E-state index in [9.17, 15) is 9.50 Å². The Bertz CT molecular complexity index is 355. The van der Waals surface area contributed by atoms with Crippen molar-refractivity contribution in [2.24, 2.45) is 0 Å². The monoisotopic (exact) mass is 226 g/mol. The topological polar surface area (TPSA) is 20.2 Å². The smallest absolute Gasteiger partial charge is 0.126 e. The lowest BCUT2D eigenvalue weighted by atomic mass is 9.92. The average Bonchev–Trinajstić information content (AvgIpc) is 2.51. The molecule has 2 unspecified atom stereocenters. The molecule has 1 aliphatic heterocycles. The van der Waals surface area contributed by atoms with Gasteiger partial charge in [0, 0.05) is 17.4 Å². The average molecular weight is 226 g/mol. The van der Waals surface area contributed by atoms with E-state index in [1.165, 1.54) is 6.07 Å². The van der Waals surface area contributed by atoms with E-state index in [0.29, 0.717) is 23.0 Å². The summed E-state index contributed by atoms with van der Waals surface area (Å²) in [5, 5.41) is 10.7. The van der Waals surface area contributed by atoms with Crippen LogP contribution < -0.4 is 0 Å². The second-order valence-electron chi connectivity index (χ2n) is 4.32. The second-order valence-corrected chi connectivity index (χ2v) is 5.75. The third-order valence-electron chi connectivity index (χ3n) is 2.78. The van der Waals surface area contributed by atoms with Crippen molar-refractivity contribution in [3.63, 3.8) is 0 Å². The SMILES string of the molecule is CC1CC(O)(Cc2ccccc2F)CS1. The van der Waals surface area contributed by atoms with Gasteiger partial charge in [0.15, 0.2) is 0 Å². The van der Waals surface area contributed by atoms with Gasteiger partial charge in [-0.2, -0.15) is 11.8 Å². The van der Waals surface area contributed by atoms with Gasteiger partial charge in [-0.3, -0.25) is 0 Å². The number of aliphatic hydroxyl groups is 1. The van der Waals surface area contributed by atoms with Gasteiger partial charge in [-0.25, -0.2) is 4.39 Å². The zero-order valence-electron chi connectivity index (χ0n) is 8.74. The Morgan fingerprint density at radius 1 is 1.53 bits per heavy atom. The zero-order valence-corrected chi connectivity index (χ0v) is 9.56. The molecule has 3 heteroatoms. The zero-order chi connectivity index (χ0) is 10.9. The molecule has 0 aliphatic carbocycles. The lowest BCUT2D eigenvalue weighted by Crippen LogP contribution is -2.31. The molecule has 0 aromatic heterocycles. The number of thioether (sulfide) groups is 1. The van der Waals surface area contributed by atoms with Crippen molar-refractivity contribution in [3.8, 4) is 0 Å². The van der Waals surface area contributed by atoms with Crippen LogP contribution in [0.25, 0.3) is 0 Å². The van der Waals surface area contributed by atoms with Crippen LogP contribution in [0.4, 0.5) is 4.39 Å². The first-order valence-electron chi connectivity index (χ1n) is 5.16. The highest BCUT2D eigenvalue weighted by Gasteiger charge is 2.36. The van der Waals surface area contributed by atoms with E-state index in [0.717, 1.165) is 6.42 Å². The summed E-state index contributed by atoms with van der Waals surface area (Å²) in [5.41, 5.74) is -0.0959. The minimum absolute atomic E-state index is 0.213. The highest BCUT2D eigenvalue weighted by molar-refractivity contribution is 8.00. The molecule has 0 radical (unpaired) electrons. The van der Waals surface area contributed by atoms with Crippen molar-refractivity contribution in [3.05, 3.63) is 35.6 Å². The molecule has 0 amide bonds. The van der Waals surface area contributed by atoms with Gasteiger partial charge in [-0.05, 0) is 18.1 Å². The summed E-state index contributed by atoms with van der Waals surface area (Å²) < 4.78 is 13.4. The predicted octanol–water partition coefficient (Wildman–Crippen LogP) is 2.62. The number of rotatable bonds is 2. The number of halogens is 1. The molecule has 0 saturated carbocycles. The Morgan fingerprint density at radius 3 is 2.87 bits per heavy atom. The summed E-state index contributed by atoms with van der Waals surface area (Å²) in [6.07, 6.45) is 1.18. The number of hydrogen-bond donors (Lipinski definition) is 1. The third-order valence-corrected chi connectivity index (χ3v) is 4.22. The first kappa shape index (κ1) is 11.0. The van der Waals surface area contributed by atoms with Crippen LogP contribution in [0.15, 0.2) is 24.3 Å². The summed E-state index contributed by atoms with van der Waals surface area (Å²) in [7, 11) is 0. The van der Waals surface area contributed by atoms with E-state index < -0.39 is 5.60 Å². The molecule has 1 aromatic rings. The Labute approximate surface area is 93.7 Å². The molecule has 1 aromatic carbocycles. The molecule has 2 rings (SSSR count). The van der Waals surface area contributed by atoms with Crippen LogP contribution >= 0.6 is 11.8 Å². The molecule has 1 N–H and O–H groups in total. The molecule has 1 heterocycles. The summed E-state index contributed by atoms with van der Waals surface area (Å²) in [6.45, 7) is 2.10. The largest absolute Gasteiger partial charge is 0.389 e. The normalized spacial score (nSPS) is 30.7. The van der Waals surface area contributed by atoms with E-state index in [1.54, 1.807) is 23.9 Å². The maximum atomic E-state index is 13.4. The van der Waals surface area contributed by atoms with E-state index in [4.69, 9.17) is 0 Å². The van der Waals surface area contributed by atoms with Gasteiger partial charge in [-0.1, -0.05) is 25.1 Å². The van der Waals surface area contributed by atoms with Gasteiger partial charge in [-0.15, -0.1) is 0 Å². The standard InChI is InChI=1S/C12H15FOS/c1-9-6-12(14,8-15-9)7-10-4-2-3-5-11(10)13/h2-5,9,14H,6-8H2,1H3. The maximum Gasteiger partial charge on any atom is 0.126 e. The summed E-state index contributed by atoms with van der Waals surface area (Å²) in [4.78, 5) is 0. The quantitative estimate of drug-likeness (QED) is 0.836. The van der Waals surface area contributed by atoms with Gasteiger partial charge in [0.2, 0.25) is 0 Å². The lowest BCUT2D eigenvalue weighted by molar-refractivity contribution is 0.0633. The molecular weight excluding hydrogens is 211 g/mol. The molecule has 1 fully saturated rings. The van der Waals surface area contributed by atoms with Crippen molar-refractivity contribution >= 4 is 11.8 Å². The van der Waals surface area contributed by atoms with Gasteiger partial charge in [0.1, 0.15) is 5.82 Å². The van der Waals surface area contributed by atoms with E-state index >= 15 is 0 Å². The van der Waals surface area contributed by atoms with Crippen molar-refractivity contribution in [1.82, 2.24) is 0 Å². The molecule has 0 spiro atoms. The van der Waals surface area contributed by atoms with Gasteiger partial charge in [0.25, 0.3) is 0 Å². The Hall–Kier alpha value is -0.540. The van der Waals surface area contributed by atoms with Crippen LogP contribution in [-0.4, -0.2) is 21.7 Å². The molecule has 2 atom stereocenters. The first-order chi connectivity index (χ1) is 7.09. The van der Waals surface area contributed by atoms with Crippen LogP contribution in [0.3, 0.4) is 0 Å². The van der Waals surface area contributed by atoms with Crippen molar-refractivity contribution in [2.45, 2.75) is 30.6 Å². The van der Waals surface area contributed by atoms with Crippen molar-refractivity contribution in [1.29, 1.82) is 0 Å². The summed E-state index contributed by atoms with van der Waals surface area (Å²) in [5.74, 6) is 0.498. The van der Waals surface area contributed by atoms with Gasteiger partial charge < -0.3 is 5.11 Å². The van der Waals surface area contributed by atoms with Crippen LogP contribution in [0.2, 0.25) is 0 Å². The Kier molecular flexibility index (Phi) is 3.03. The molecular formula is C12H15FOS. The van der Waals surface area contributed by atoms with Crippen LogP contribution in [0.1, 0.15) is 18.9 Å². The highest BCUT2D eigenvalue weighted by Crippen LogP contribution is 2.36. The minimum atomic E-state index is -0.716. The van der Waals surface area contributed by atoms with Crippen LogP contribution in [0, 0.1) is 5.82 Å². The number of hydrogen-bond acceptors (Lipinski definition) is 2. The molecule has 1 saturated heterocycles. The first-order valence-corrected chi connectivity index (χ1v) is 6.21. The van der Waals surface area contributed by atoms with E-state index in [2.05, 4.69) is 6.92 Å². The Balaban J connectivity index is 2.12. The van der Waals surface area contributed by atoms with Crippen molar-refractivity contribution in [2.75, 3.05) is 5.75 Å². The fourth-order valence-corrected chi connectivity index (χ4v) is 3.31. The fourth-order valence-electron chi connectivity index (χ4n) is 2.07. The third kappa shape index (κ3) is 2.52. The highest BCUT2D eigenvalue weighted by atomic mass is 32.2. The number of benzene rings is 1.